The SMILES string of the molecule is CCCCCCC(=O)NN=C(C)c1ccc([N+](=O)[O-])cc1. The molecule has 1 aromatic rings. The van der Waals surface area contributed by atoms with Gasteiger partial charge < -0.3 is 0 Å². The fourth-order valence-corrected chi connectivity index (χ4v) is 1.80. The highest BCUT2D eigenvalue weighted by Gasteiger charge is 2.06. The summed E-state index contributed by atoms with van der Waals surface area (Å²) in [6.45, 7) is 3.87. The number of rotatable bonds is 8. The van der Waals surface area contributed by atoms with Gasteiger partial charge in [-0.15, -0.1) is 0 Å². The summed E-state index contributed by atoms with van der Waals surface area (Å²) in [5.41, 5.74) is 3.90. The minimum atomic E-state index is -0.450. The summed E-state index contributed by atoms with van der Waals surface area (Å²) in [5, 5.41) is 14.6. The minimum Gasteiger partial charge on any atom is -0.273 e. The van der Waals surface area contributed by atoms with Gasteiger partial charge in [0.1, 0.15) is 0 Å². The number of non-ortho nitro benzene ring substituents is 1. The Morgan fingerprint density at radius 1 is 1.24 bits per heavy atom. The quantitative estimate of drug-likeness (QED) is 0.345. The predicted molar refractivity (Wildman–Crippen MR) is 82.2 cm³/mol. The van der Waals surface area contributed by atoms with Crippen LogP contribution in [0.1, 0.15) is 51.5 Å². The van der Waals surface area contributed by atoms with Crippen molar-refractivity contribution in [2.45, 2.75) is 46.0 Å². The Hall–Kier alpha value is -2.24. The van der Waals surface area contributed by atoms with Crippen LogP contribution in [0.4, 0.5) is 5.69 Å². The number of carbonyl (C=O) groups is 1. The highest BCUT2D eigenvalue weighted by Crippen LogP contribution is 2.12. The van der Waals surface area contributed by atoms with Crippen LogP contribution in [0.2, 0.25) is 0 Å². The van der Waals surface area contributed by atoms with Crippen LogP contribution >= 0.6 is 0 Å². The van der Waals surface area contributed by atoms with Gasteiger partial charge in [-0.2, -0.15) is 5.10 Å². The first-order chi connectivity index (χ1) is 10.0. The molecule has 0 spiro atoms. The number of benzene rings is 1. The highest BCUT2D eigenvalue weighted by atomic mass is 16.6. The number of nitrogens with zero attached hydrogens (tertiary/aromatic N) is 2. The number of carbonyl (C=O) groups excluding carboxylic acids is 1. The standard InChI is InChI=1S/C15H21N3O3/c1-3-4-5-6-7-15(19)17-16-12(2)13-8-10-14(11-9-13)18(20)21/h8-11H,3-7H2,1-2H3,(H,17,19). The van der Waals surface area contributed by atoms with Crippen molar-refractivity contribution in [1.29, 1.82) is 0 Å². The molecule has 0 aliphatic rings. The Kier molecular flexibility index (Phi) is 7.08. The Morgan fingerprint density at radius 2 is 1.90 bits per heavy atom. The normalized spacial score (nSPS) is 11.2. The summed E-state index contributed by atoms with van der Waals surface area (Å²) in [5.74, 6) is -0.104. The molecule has 6 heteroatoms. The number of amides is 1. The van der Waals surface area contributed by atoms with Crippen molar-refractivity contribution >= 4 is 17.3 Å². The maximum atomic E-state index is 11.6. The van der Waals surface area contributed by atoms with E-state index in [1.807, 2.05) is 0 Å². The summed E-state index contributed by atoms with van der Waals surface area (Å²) < 4.78 is 0. The van der Waals surface area contributed by atoms with Gasteiger partial charge in [-0.05, 0) is 31.0 Å². The lowest BCUT2D eigenvalue weighted by Crippen LogP contribution is -2.18. The molecule has 0 aliphatic heterocycles. The zero-order valence-corrected chi connectivity index (χ0v) is 12.5. The lowest BCUT2D eigenvalue weighted by atomic mass is 10.1. The number of unbranched alkanes of at least 4 members (excludes halogenated alkanes) is 3. The zero-order chi connectivity index (χ0) is 15.7. The van der Waals surface area contributed by atoms with Gasteiger partial charge in [0, 0.05) is 18.6 Å². The number of nitro groups is 1. The summed E-state index contributed by atoms with van der Waals surface area (Å²) in [4.78, 5) is 21.7. The van der Waals surface area contributed by atoms with Crippen LogP contribution in [-0.4, -0.2) is 16.5 Å². The maximum absolute atomic E-state index is 11.6. The van der Waals surface area contributed by atoms with E-state index in [0.29, 0.717) is 12.1 Å². The number of hydrogen-bond acceptors (Lipinski definition) is 4. The first-order valence-corrected chi connectivity index (χ1v) is 7.12. The van der Waals surface area contributed by atoms with Crippen LogP contribution in [0.3, 0.4) is 0 Å². The highest BCUT2D eigenvalue weighted by molar-refractivity contribution is 5.99. The molecule has 0 unspecified atom stereocenters. The lowest BCUT2D eigenvalue weighted by Gasteiger charge is -2.03. The van der Waals surface area contributed by atoms with Crippen molar-refractivity contribution in [3.8, 4) is 0 Å². The van der Waals surface area contributed by atoms with E-state index in [2.05, 4.69) is 17.5 Å². The zero-order valence-electron chi connectivity index (χ0n) is 12.5. The maximum Gasteiger partial charge on any atom is 0.269 e. The summed E-state index contributed by atoms with van der Waals surface area (Å²) >= 11 is 0. The first-order valence-electron chi connectivity index (χ1n) is 7.12. The summed E-state index contributed by atoms with van der Waals surface area (Å²) in [7, 11) is 0. The fourth-order valence-electron chi connectivity index (χ4n) is 1.80. The molecule has 0 radical (unpaired) electrons. The van der Waals surface area contributed by atoms with Gasteiger partial charge in [-0.3, -0.25) is 14.9 Å². The summed E-state index contributed by atoms with van der Waals surface area (Å²) in [6.07, 6.45) is 4.66. The molecule has 0 bridgehead atoms. The number of nitro benzene ring substituents is 1. The van der Waals surface area contributed by atoms with Gasteiger partial charge in [-0.25, -0.2) is 5.43 Å². The van der Waals surface area contributed by atoms with E-state index < -0.39 is 4.92 Å². The third-order valence-electron chi connectivity index (χ3n) is 3.10. The van der Waals surface area contributed by atoms with Crippen LogP contribution in [0.5, 0.6) is 0 Å². The molecule has 1 N–H and O–H groups in total. The Labute approximate surface area is 124 Å². The molecule has 0 aliphatic carbocycles. The molecule has 1 amide bonds. The molecule has 114 valence electrons. The minimum absolute atomic E-state index is 0.0338. The van der Waals surface area contributed by atoms with Crippen molar-refractivity contribution in [2.75, 3.05) is 0 Å². The van der Waals surface area contributed by atoms with E-state index in [1.54, 1.807) is 19.1 Å². The largest absolute Gasteiger partial charge is 0.273 e. The Balaban J connectivity index is 2.48. The topological polar surface area (TPSA) is 84.6 Å². The van der Waals surface area contributed by atoms with E-state index >= 15 is 0 Å². The Bertz CT molecular complexity index is 509. The fraction of sp³-hybridized carbons (Fsp3) is 0.467. The van der Waals surface area contributed by atoms with Gasteiger partial charge in [0.2, 0.25) is 5.91 Å². The average molecular weight is 291 g/mol. The van der Waals surface area contributed by atoms with Crippen LogP contribution in [0, 0.1) is 10.1 Å². The van der Waals surface area contributed by atoms with Gasteiger partial charge >= 0.3 is 0 Å². The van der Waals surface area contributed by atoms with E-state index in [9.17, 15) is 14.9 Å². The molecule has 0 saturated heterocycles. The second-order valence-corrected chi connectivity index (χ2v) is 4.85. The molecule has 0 fully saturated rings. The molecule has 0 atom stereocenters. The van der Waals surface area contributed by atoms with Crippen molar-refractivity contribution in [3.05, 3.63) is 39.9 Å². The van der Waals surface area contributed by atoms with Gasteiger partial charge in [-0.1, -0.05) is 26.2 Å². The number of hydrazone groups is 1. The molecule has 0 heterocycles. The average Bonchev–Trinajstić information content (AvgIpc) is 2.49. The summed E-state index contributed by atoms with van der Waals surface area (Å²) in [6, 6.07) is 6.07. The third-order valence-corrected chi connectivity index (χ3v) is 3.10. The van der Waals surface area contributed by atoms with Gasteiger partial charge in [0.25, 0.3) is 5.69 Å². The van der Waals surface area contributed by atoms with Crippen molar-refractivity contribution in [2.24, 2.45) is 5.10 Å². The van der Waals surface area contributed by atoms with Crippen LogP contribution < -0.4 is 5.43 Å². The molecule has 0 aromatic heterocycles. The predicted octanol–water partition coefficient (Wildman–Crippen LogP) is 3.41. The molecular formula is C15H21N3O3. The van der Waals surface area contributed by atoms with Crippen molar-refractivity contribution in [3.63, 3.8) is 0 Å². The van der Waals surface area contributed by atoms with E-state index in [1.165, 1.54) is 12.1 Å². The molecular weight excluding hydrogens is 270 g/mol. The second-order valence-electron chi connectivity index (χ2n) is 4.85. The number of nitrogens with one attached hydrogen (secondary N) is 1. The van der Waals surface area contributed by atoms with Gasteiger partial charge in [0.05, 0.1) is 10.6 Å². The number of hydrogen-bond donors (Lipinski definition) is 1. The second kappa shape index (κ2) is 8.84. The van der Waals surface area contributed by atoms with Crippen LogP contribution in [-0.2, 0) is 4.79 Å². The smallest absolute Gasteiger partial charge is 0.269 e. The van der Waals surface area contributed by atoms with Crippen LogP contribution in [0.15, 0.2) is 29.4 Å². The van der Waals surface area contributed by atoms with Gasteiger partial charge in [0.15, 0.2) is 0 Å². The van der Waals surface area contributed by atoms with E-state index in [0.717, 1.165) is 31.2 Å². The molecule has 21 heavy (non-hydrogen) atoms. The first kappa shape index (κ1) is 16.8. The lowest BCUT2D eigenvalue weighted by molar-refractivity contribution is -0.384. The molecule has 1 aromatic carbocycles. The Morgan fingerprint density at radius 3 is 2.48 bits per heavy atom. The van der Waals surface area contributed by atoms with Crippen LogP contribution in [0.25, 0.3) is 0 Å². The van der Waals surface area contributed by atoms with Crippen molar-refractivity contribution in [1.82, 2.24) is 5.43 Å². The third kappa shape index (κ3) is 6.16. The van der Waals surface area contributed by atoms with E-state index in [4.69, 9.17) is 0 Å². The molecule has 1 rings (SSSR count). The molecule has 6 nitrogen and oxygen atoms in total. The van der Waals surface area contributed by atoms with Crippen molar-refractivity contribution < 1.29 is 9.72 Å². The molecule has 0 saturated carbocycles. The van der Waals surface area contributed by atoms with E-state index in [-0.39, 0.29) is 11.6 Å². The monoisotopic (exact) mass is 291 g/mol.